The van der Waals surface area contributed by atoms with Crippen LogP contribution >= 0.6 is 0 Å². The number of piperidine rings is 1. The van der Waals surface area contributed by atoms with Crippen LogP contribution in [0.2, 0.25) is 0 Å². The quantitative estimate of drug-likeness (QED) is 0.693. The van der Waals surface area contributed by atoms with Crippen molar-refractivity contribution < 1.29 is 9.90 Å². The molecule has 1 aliphatic heterocycles. The highest BCUT2D eigenvalue weighted by atomic mass is 16.3. The summed E-state index contributed by atoms with van der Waals surface area (Å²) in [5, 5.41) is 20.8. The Morgan fingerprint density at radius 1 is 1.56 bits per heavy atom. The Labute approximate surface area is 109 Å². The van der Waals surface area contributed by atoms with Gasteiger partial charge in [-0.15, -0.1) is 0 Å². The molecule has 0 aromatic rings. The smallest absolute Gasteiger partial charge is 0.222 e. The molecule has 0 spiro atoms. The highest BCUT2D eigenvalue weighted by molar-refractivity contribution is 5.78. The van der Waals surface area contributed by atoms with E-state index in [1.807, 2.05) is 13.8 Å². The molecule has 1 fully saturated rings. The van der Waals surface area contributed by atoms with Gasteiger partial charge in [0.1, 0.15) is 0 Å². The van der Waals surface area contributed by atoms with Crippen molar-refractivity contribution in [2.75, 3.05) is 26.2 Å². The van der Waals surface area contributed by atoms with E-state index in [2.05, 4.69) is 16.3 Å². The molecule has 0 radical (unpaired) electrons. The molecular formula is C13H23N3O2. The van der Waals surface area contributed by atoms with E-state index in [0.29, 0.717) is 12.5 Å². The molecule has 2 N–H and O–H groups in total. The van der Waals surface area contributed by atoms with E-state index in [4.69, 9.17) is 10.4 Å². The summed E-state index contributed by atoms with van der Waals surface area (Å²) < 4.78 is 0. The molecule has 0 saturated carbocycles. The zero-order valence-electron chi connectivity index (χ0n) is 11.2. The van der Waals surface area contributed by atoms with Crippen LogP contribution in [0.25, 0.3) is 0 Å². The lowest BCUT2D eigenvalue weighted by Gasteiger charge is -2.37. The SMILES string of the molecule is CC(C)C(=O)NC1CC(CCO)CN(CC#N)C1. The Balaban J connectivity index is 2.55. The number of amides is 1. The van der Waals surface area contributed by atoms with Crippen LogP contribution in [0.15, 0.2) is 0 Å². The molecule has 5 heteroatoms. The first-order chi connectivity index (χ1) is 8.56. The molecule has 5 nitrogen and oxygen atoms in total. The second-order valence-corrected chi connectivity index (χ2v) is 5.33. The summed E-state index contributed by atoms with van der Waals surface area (Å²) >= 11 is 0. The normalized spacial score (nSPS) is 24.8. The van der Waals surface area contributed by atoms with Crippen LogP contribution in [0.3, 0.4) is 0 Å². The number of carbonyl (C=O) groups excluding carboxylic acids is 1. The highest BCUT2D eigenvalue weighted by Gasteiger charge is 2.28. The van der Waals surface area contributed by atoms with Crippen LogP contribution in [-0.4, -0.2) is 48.2 Å². The summed E-state index contributed by atoms with van der Waals surface area (Å²) in [5.74, 6) is 0.392. The Morgan fingerprint density at radius 2 is 2.28 bits per heavy atom. The number of nitriles is 1. The van der Waals surface area contributed by atoms with Crippen molar-refractivity contribution >= 4 is 5.91 Å². The summed E-state index contributed by atoms with van der Waals surface area (Å²) in [5.41, 5.74) is 0. The first kappa shape index (κ1) is 14.9. The van der Waals surface area contributed by atoms with Gasteiger partial charge in [0.15, 0.2) is 0 Å². The topological polar surface area (TPSA) is 76.4 Å². The van der Waals surface area contributed by atoms with Gasteiger partial charge in [0.05, 0.1) is 12.6 Å². The van der Waals surface area contributed by atoms with Gasteiger partial charge in [-0.2, -0.15) is 5.26 Å². The zero-order valence-corrected chi connectivity index (χ0v) is 11.2. The van der Waals surface area contributed by atoms with Crippen LogP contribution in [0.5, 0.6) is 0 Å². The van der Waals surface area contributed by atoms with E-state index in [0.717, 1.165) is 25.9 Å². The molecule has 0 aromatic heterocycles. The molecule has 0 aromatic carbocycles. The van der Waals surface area contributed by atoms with Crippen molar-refractivity contribution in [3.05, 3.63) is 0 Å². The number of nitrogens with zero attached hydrogens (tertiary/aromatic N) is 2. The van der Waals surface area contributed by atoms with Gasteiger partial charge < -0.3 is 10.4 Å². The van der Waals surface area contributed by atoms with Crippen molar-refractivity contribution in [1.82, 2.24) is 10.2 Å². The van der Waals surface area contributed by atoms with Gasteiger partial charge in [-0.1, -0.05) is 13.8 Å². The molecule has 1 rings (SSSR count). The number of aliphatic hydroxyl groups is 1. The van der Waals surface area contributed by atoms with Crippen molar-refractivity contribution in [2.45, 2.75) is 32.7 Å². The van der Waals surface area contributed by atoms with Crippen molar-refractivity contribution in [1.29, 1.82) is 5.26 Å². The lowest BCUT2D eigenvalue weighted by atomic mass is 9.91. The number of carbonyl (C=O) groups is 1. The second kappa shape index (κ2) is 7.34. The predicted molar refractivity (Wildman–Crippen MR) is 68.6 cm³/mol. The molecule has 0 bridgehead atoms. The number of likely N-dealkylation sites (tertiary alicyclic amines) is 1. The summed E-state index contributed by atoms with van der Waals surface area (Å²) in [6.45, 7) is 5.86. The Morgan fingerprint density at radius 3 is 2.83 bits per heavy atom. The Hall–Kier alpha value is -1.12. The predicted octanol–water partition coefficient (Wildman–Crippen LogP) is 0.355. The fourth-order valence-electron chi connectivity index (χ4n) is 2.40. The maximum Gasteiger partial charge on any atom is 0.222 e. The van der Waals surface area contributed by atoms with Gasteiger partial charge >= 0.3 is 0 Å². The van der Waals surface area contributed by atoms with Crippen LogP contribution in [0.1, 0.15) is 26.7 Å². The summed E-state index contributed by atoms with van der Waals surface area (Å²) in [6, 6.07) is 2.24. The number of nitrogens with one attached hydrogen (secondary N) is 1. The van der Waals surface area contributed by atoms with Crippen molar-refractivity contribution in [2.24, 2.45) is 11.8 Å². The summed E-state index contributed by atoms with van der Waals surface area (Å²) in [7, 11) is 0. The molecule has 2 unspecified atom stereocenters. The van der Waals surface area contributed by atoms with Crippen molar-refractivity contribution in [3.63, 3.8) is 0 Å². The van der Waals surface area contributed by atoms with E-state index in [9.17, 15) is 4.79 Å². The highest BCUT2D eigenvalue weighted by Crippen LogP contribution is 2.19. The third kappa shape index (κ3) is 4.63. The molecule has 18 heavy (non-hydrogen) atoms. The van der Waals surface area contributed by atoms with Gasteiger partial charge in [0, 0.05) is 31.7 Å². The third-order valence-electron chi connectivity index (χ3n) is 3.32. The molecule has 1 saturated heterocycles. The van der Waals surface area contributed by atoms with Crippen LogP contribution in [-0.2, 0) is 4.79 Å². The Kier molecular flexibility index (Phi) is 6.10. The van der Waals surface area contributed by atoms with Crippen LogP contribution < -0.4 is 5.32 Å². The standard InChI is InChI=1S/C13H23N3O2/c1-10(2)13(18)15-12-7-11(3-6-17)8-16(9-12)5-4-14/h10-12,17H,3,5-9H2,1-2H3,(H,15,18). The van der Waals surface area contributed by atoms with E-state index in [1.54, 1.807) is 0 Å². The minimum absolute atomic E-state index is 0.0207. The summed E-state index contributed by atoms with van der Waals surface area (Å²) in [6.07, 6.45) is 1.62. The van der Waals surface area contributed by atoms with Gasteiger partial charge in [-0.25, -0.2) is 0 Å². The van der Waals surface area contributed by atoms with Gasteiger partial charge in [0.25, 0.3) is 0 Å². The van der Waals surface area contributed by atoms with Gasteiger partial charge in [-0.05, 0) is 18.8 Å². The summed E-state index contributed by atoms with van der Waals surface area (Å²) in [4.78, 5) is 13.7. The Bertz CT molecular complexity index is 312. The minimum atomic E-state index is -0.0207. The third-order valence-corrected chi connectivity index (χ3v) is 3.32. The fourth-order valence-corrected chi connectivity index (χ4v) is 2.40. The number of hydrogen-bond acceptors (Lipinski definition) is 4. The monoisotopic (exact) mass is 253 g/mol. The first-order valence-electron chi connectivity index (χ1n) is 6.57. The lowest BCUT2D eigenvalue weighted by Crippen LogP contribution is -2.51. The molecule has 2 atom stereocenters. The molecule has 1 aliphatic rings. The molecular weight excluding hydrogens is 230 g/mol. The number of aliphatic hydroxyl groups excluding tert-OH is 1. The minimum Gasteiger partial charge on any atom is -0.396 e. The second-order valence-electron chi connectivity index (χ2n) is 5.33. The first-order valence-corrected chi connectivity index (χ1v) is 6.57. The maximum atomic E-state index is 11.7. The van der Waals surface area contributed by atoms with Crippen LogP contribution in [0.4, 0.5) is 0 Å². The van der Waals surface area contributed by atoms with E-state index < -0.39 is 0 Å². The molecule has 1 amide bonds. The number of rotatable bonds is 5. The van der Waals surface area contributed by atoms with E-state index in [-0.39, 0.29) is 24.5 Å². The van der Waals surface area contributed by atoms with E-state index >= 15 is 0 Å². The van der Waals surface area contributed by atoms with Crippen molar-refractivity contribution in [3.8, 4) is 6.07 Å². The average molecular weight is 253 g/mol. The number of hydrogen-bond donors (Lipinski definition) is 2. The lowest BCUT2D eigenvalue weighted by molar-refractivity contribution is -0.125. The largest absolute Gasteiger partial charge is 0.396 e. The average Bonchev–Trinajstić information content (AvgIpc) is 2.29. The molecule has 1 heterocycles. The fraction of sp³-hybridized carbons (Fsp3) is 0.846. The van der Waals surface area contributed by atoms with E-state index in [1.165, 1.54) is 0 Å². The molecule has 0 aliphatic carbocycles. The van der Waals surface area contributed by atoms with Gasteiger partial charge in [0.2, 0.25) is 5.91 Å². The van der Waals surface area contributed by atoms with Crippen LogP contribution in [0, 0.1) is 23.2 Å². The van der Waals surface area contributed by atoms with Gasteiger partial charge in [-0.3, -0.25) is 9.69 Å². The zero-order chi connectivity index (χ0) is 13.5. The maximum absolute atomic E-state index is 11.7. The molecule has 102 valence electrons.